The summed E-state index contributed by atoms with van der Waals surface area (Å²) in [6.07, 6.45) is 0.940. The minimum absolute atomic E-state index is 0.707. The van der Waals surface area contributed by atoms with Crippen LogP contribution >= 0.6 is 39.1 Å². The van der Waals surface area contributed by atoms with E-state index in [0.717, 1.165) is 27.6 Å². The third-order valence-electron chi connectivity index (χ3n) is 1.78. The van der Waals surface area contributed by atoms with Gasteiger partial charge in [-0.3, -0.25) is 0 Å². The predicted molar refractivity (Wildman–Crippen MR) is 58.5 cm³/mol. The van der Waals surface area contributed by atoms with E-state index in [0.29, 0.717) is 5.33 Å². The van der Waals surface area contributed by atoms with Crippen LogP contribution in [0.3, 0.4) is 0 Å². The molecule has 0 nitrogen and oxygen atoms in total. The molecule has 0 saturated heterocycles. The SMILES string of the molecule is CCc1ccc(Cl)c(CBr)c1Cl. The molecule has 0 aliphatic heterocycles. The highest BCUT2D eigenvalue weighted by Crippen LogP contribution is 2.30. The van der Waals surface area contributed by atoms with E-state index in [1.165, 1.54) is 0 Å². The molecule has 0 N–H and O–H groups in total. The molecule has 0 aliphatic carbocycles. The summed E-state index contributed by atoms with van der Waals surface area (Å²) in [6.45, 7) is 2.08. The van der Waals surface area contributed by atoms with Crippen molar-refractivity contribution < 1.29 is 0 Å². The average Bonchev–Trinajstić information content (AvgIpc) is 2.06. The number of aryl methyl sites for hydroxylation is 1. The maximum Gasteiger partial charge on any atom is 0.0493 e. The Hall–Kier alpha value is 0.280. The lowest BCUT2D eigenvalue weighted by Crippen LogP contribution is -1.88. The van der Waals surface area contributed by atoms with Crippen LogP contribution in [0.15, 0.2) is 12.1 Å². The minimum atomic E-state index is 0.707. The Bertz CT molecular complexity index is 284. The monoisotopic (exact) mass is 266 g/mol. The fourth-order valence-electron chi connectivity index (χ4n) is 1.04. The molecule has 0 saturated carbocycles. The van der Waals surface area contributed by atoms with Crippen LogP contribution in [0.1, 0.15) is 18.1 Å². The van der Waals surface area contributed by atoms with Gasteiger partial charge in [-0.25, -0.2) is 0 Å². The van der Waals surface area contributed by atoms with Crippen LogP contribution < -0.4 is 0 Å². The van der Waals surface area contributed by atoms with Crippen molar-refractivity contribution in [3.8, 4) is 0 Å². The van der Waals surface area contributed by atoms with Crippen LogP contribution in [0.25, 0.3) is 0 Å². The van der Waals surface area contributed by atoms with E-state index in [-0.39, 0.29) is 0 Å². The van der Waals surface area contributed by atoms with E-state index in [2.05, 4.69) is 22.9 Å². The topological polar surface area (TPSA) is 0 Å². The van der Waals surface area contributed by atoms with Crippen molar-refractivity contribution in [1.82, 2.24) is 0 Å². The molecule has 1 aromatic rings. The van der Waals surface area contributed by atoms with Crippen LogP contribution in [0.4, 0.5) is 0 Å². The Morgan fingerprint density at radius 2 is 2.00 bits per heavy atom. The van der Waals surface area contributed by atoms with Gasteiger partial charge in [-0.2, -0.15) is 0 Å². The minimum Gasteiger partial charge on any atom is -0.0875 e. The first-order chi connectivity index (χ1) is 5.70. The third-order valence-corrected chi connectivity index (χ3v) is 3.17. The van der Waals surface area contributed by atoms with Gasteiger partial charge in [-0.05, 0) is 18.1 Å². The van der Waals surface area contributed by atoms with Crippen LogP contribution in [0.2, 0.25) is 10.0 Å². The van der Waals surface area contributed by atoms with Crippen LogP contribution in [0, 0.1) is 0 Å². The molecule has 0 amide bonds. The number of rotatable bonds is 2. The molecule has 1 rings (SSSR count). The zero-order valence-corrected chi connectivity index (χ0v) is 9.80. The summed E-state index contributed by atoms with van der Waals surface area (Å²) in [5.74, 6) is 0. The van der Waals surface area contributed by atoms with Crippen molar-refractivity contribution in [2.45, 2.75) is 18.7 Å². The predicted octanol–water partition coefficient (Wildman–Crippen LogP) is 4.45. The lowest BCUT2D eigenvalue weighted by atomic mass is 10.1. The molecule has 0 aromatic heterocycles. The molecule has 0 bridgehead atoms. The summed E-state index contributed by atoms with van der Waals surface area (Å²) in [5.41, 5.74) is 2.13. The van der Waals surface area contributed by atoms with Gasteiger partial charge >= 0.3 is 0 Å². The van der Waals surface area contributed by atoms with Crippen LogP contribution in [0.5, 0.6) is 0 Å². The first-order valence-corrected chi connectivity index (χ1v) is 5.60. The zero-order chi connectivity index (χ0) is 9.14. The van der Waals surface area contributed by atoms with Crippen molar-refractivity contribution in [2.75, 3.05) is 0 Å². The first-order valence-electron chi connectivity index (χ1n) is 3.72. The Morgan fingerprint density at radius 3 is 2.50 bits per heavy atom. The van der Waals surface area contributed by atoms with Crippen molar-refractivity contribution >= 4 is 39.1 Å². The molecule has 0 unspecified atom stereocenters. The van der Waals surface area contributed by atoms with E-state index < -0.39 is 0 Å². The van der Waals surface area contributed by atoms with Crippen molar-refractivity contribution in [2.24, 2.45) is 0 Å². The Morgan fingerprint density at radius 1 is 1.33 bits per heavy atom. The van der Waals surface area contributed by atoms with Gasteiger partial charge in [0.2, 0.25) is 0 Å². The Labute approximate surface area is 91.0 Å². The second-order valence-corrected chi connectivity index (χ2v) is 3.83. The van der Waals surface area contributed by atoms with Gasteiger partial charge in [0.25, 0.3) is 0 Å². The maximum absolute atomic E-state index is 6.10. The highest BCUT2D eigenvalue weighted by atomic mass is 79.9. The summed E-state index contributed by atoms with van der Waals surface area (Å²) < 4.78 is 0. The van der Waals surface area contributed by atoms with Gasteiger partial charge in [-0.15, -0.1) is 0 Å². The van der Waals surface area contributed by atoms with Crippen LogP contribution in [-0.2, 0) is 11.8 Å². The molecule has 0 fully saturated rings. The molecule has 0 heterocycles. The number of hydrogen-bond acceptors (Lipinski definition) is 0. The molecule has 0 spiro atoms. The standard InChI is InChI=1S/C9H9BrCl2/c1-2-6-3-4-8(11)7(5-10)9(6)12/h3-4H,2,5H2,1H3. The highest BCUT2D eigenvalue weighted by molar-refractivity contribution is 9.08. The second kappa shape index (κ2) is 4.50. The molecule has 3 heteroatoms. The molecular weight excluding hydrogens is 259 g/mol. The van der Waals surface area contributed by atoms with Gasteiger partial charge in [0, 0.05) is 20.9 Å². The fraction of sp³-hybridized carbons (Fsp3) is 0.333. The van der Waals surface area contributed by atoms with E-state index in [1.54, 1.807) is 0 Å². The van der Waals surface area contributed by atoms with Gasteiger partial charge in [0.05, 0.1) is 0 Å². The third kappa shape index (κ3) is 1.95. The lowest BCUT2D eigenvalue weighted by molar-refractivity contribution is 1.13. The second-order valence-electron chi connectivity index (χ2n) is 2.49. The molecule has 0 radical (unpaired) electrons. The van der Waals surface area contributed by atoms with Crippen molar-refractivity contribution in [1.29, 1.82) is 0 Å². The first kappa shape index (κ1) is 10.4. The number of halogens is 3. The molecule has 0 aliphatic rings. The lowest BCUT2D eigenvalue weighted by Gasteiger charge is -2.07. The molecule has 1 aromatic carbocycles. The molecule has 12 heavy (non-hydrogen) atoms. The van der Waals surface area contributed by atoms with Crippen molar-refractivity contribution in [3.63, 3.8) is 0 Å². The van der Waals surface area contributed by atoms with E-state index in [9.17, 15) is 0 Å². The smallest absolute Gasteiger partial charge is 0.0493 e. The normalized spacial score (nSPS) is 10.3. The summed E-state index contributed by atoms with van der Waals surface area (Å²) in [6, 6.07) is 3.86. The van der Waals surface area contributed by atoms with E-state index in [4.69, 9.17) is 23.2 Å². The van der Waals surface area contributed by atoms with Gasteiger partial charge in [0.1, 0.15) is 0 Å². The summed E-state index contributed by atoms with van der Waals surface area (Å²) in [4.78, 5) is 0. The quantitative estimate of drug-likeness (QED) is 0.695. The zero-order valence-electron chi connectivity index (χ0n) is 6.70. The van der Waals surface area contributed by atoms with Gasteiger partial charge in [0.15, 0.2) is 0 Å². The summed E-state index contributed by atoms with van der Waals surface area (Å²) in [5, 5.41) is 2.23. The van der Waals surface area contributed by atoms with E-state index in [1.807, 2.05) is 12.1 Å². The highest BCUT2D eigenvalue weighted by Gasteiger charge is 2.07. The average molecular weight is 268 g/mol. The fourth-order valence-corrected chi connectivity index (χ4v) is 2.58. The number of alkyl halides is 1. The number of benzene rings is 1. The van der Waals surface area contributed by atoms with E-state index >= 15 is 0 Å². The Balaban J connectivity index is 3.24. The molecular formula is C9H9BrCl2. The Kier molecular flexibility index (Phi) is 3.88. The molecule has 0 atom stereocenters. The maximum atomic E-state index is 6.10. The summed E-state index contributed by atoms with van der Waals surface area (Å²) >= 11 is 15.4. The van der Waals surface area contributed by atoms with Gasteiger partial charge < -0.3 is 0 Å². The molecule has 66 valence electrons. The van der Waals surface area contributed by atoms with Crippen LogP contribution in [-0.4, -0.2) is 0 Å². The summed E-state index contributed by atoms with van der Waals surface area (Å²) in [7, 11) is 0. The van der Waals surface area contributed by atoms with Gasteiger partial charge in [-0.1, -0.05) is 52.1 Å². The van der Waals surface area contributed by atoms with Crippen molar-refractivity contribution in [3.05, 3.63) is 33.3 Å². The number of hydrogen-bond donors (Lipinski definition) is 0. The largest absolute Gasteiger partial charge is 0.0875 e.